The summed E-state index contributed by atoms with van der Waals surface area (Å²) in [4.78, 5) is 10.2. The van der Waals surface area contributed by atoms with E-state index in [1.165, 1.54) is 0 Å². The number of hydrogen-bond acceptors (Lipinski definition) is 3. The normalized spacial score (nSPS) is 11.0. The summed E-state index contributed by atoms with van der Waals surface area (Å²) in [7, 11) is 0. The van der Waals surface area contributed by atoms with Crippen molar-refractivity contribution in [2.24, 2.45) is 0 Å². The zero-order valence-corrected chi connectivity index (χ0v) is 8.53. The largest absolute Gasteiger partial charge is 0.397 e. The Bertz CT molecular complexity index is 113. The molecule has 0 aromatic rings. The molecule has 3 nitrogen and oxygen atoms in total. The molecule has 0 aliphatic carbocycles. The molecule has 1 N–H and O–H groups in total. The maximum absolute atomic E-state index is 10.2. The number of hydrogen-bond donors (Lipinski definition) is 1. The van der Waals surface area contributed by atoms with E-state index in [9.17, 15) is 4.79 Å². The second kappa shape index (κ2) is 13.9. The molecule has 0 saturated carbocycles. The molecule has 0 bridgehead atoms. The van der Waals surface area contributed by atoms with E-state index in [1.54, 1.807) is 13.0 Å². The molecule has 0 aromatic heterocycles. The summed E-state index contributed by atoms with van der Waals surface area (Å²) in [6.07, 6.45) is 3.98. The fourth-order valence-corrected chi connectivity index (χ4v) is 0.687. The molecule has 1 atom stereocenters. The topological polar surface area (TPSA) is 46.5 Å². The molecule has 0 heterocycles. The second-order valence-electron chi connectivity index (χ2n) is 2.31. The molecule has 13 heavy (non-hydrogen) atoms. The first kappa shape index (κ1) is 14.8. The summed E-state index contributed by atoms with van der Waals surface area (Å²) in [5, 5.41) is 7.57. The van der Waals surface area contributed by atoms with Crippen molar-refractivity contribution in [1.29, 1.82) is 0 Å². The highest BCUT2D eigenvalue weighted by Gasteiger charge is 2.03. The van der Waals surface area contributed by atoms with Crippen molar-refractivity contribution in [2.75, 3.05) is 13.2 Å². The summed E-state index contributed by atoms with van der Waals surface area (Å²) >= 11 is 0. The Kier molecular flexibility index (Phi) is 15.8. The first-order valence-electron chi connectivity index (χ1n) is 4.55. The number of aliphatic hydroxyl groups excluding tert-OH is 1. The molecule has 1 unspecified atom stereocenters. The Morgan fingerprint density at radius 1 is 1.54 bits per heavy atom. The van der Waals surface area contributed by atoms with E-state index in [0.717, 1.165) is 19.1 Å². The van der Waals surface area contributed by atoms with E-state index < -0.39 is 0 Å². The van der Waals surface area contributed by atoms with Gasteiger partial charge in [-0.3, -0.25) is 0 Å². The van der Waals surface area contributed by atoms with Gasteiger partial charge in [0, 0.05) is 13.2 Å². The van der Waals surface area contributed by atoms with E-state index in [4.69, 9.17) is 9.84 Å². The van der Waals surface area contributed by atoms with E-state index in [0.29, 0.717) is 6.61 Å². The Balaban J connectivity index is 0. The van der Waals surface area contributed by atoms with Crippen LogP contribution in [0.5, 0.6) is 0 Å². The summed E-state index contributed by atoms with van der Waals surface area (Å²) < 4.78 is 5.08. The third-order valence-electron chi connectivity index (χ3n) is 1.19. The molecular weight excluding hydrogens is 168 g/mol. The van der Waals surface area contributed by atoms with Crippen LogP contribution in [0, 0.1) is 0 Å². The quantitative estimate of drug-likeness (QED) is 0.508. The molecule has 0 rings (SSSR count). The number of rotatable bonds is 6. The average Bonchev–Trinajstić information content (AvgIpc) is 2.13. The van der Waals surface area contributed by atoms with Gasteiger partial charge in [0.15, 0.2) is 0 Å². The summed E-state index contributed by atoms with van der Waals surface area (Å²) in [5.41, 5.74) is 0. The first-order valence-corrected chi connectivity index (χ1v) is 4.55. The van der Waals surface area contributed by atoms with Gasteiger partial charge in [-0.05, 0) is 26.7 Å². The van der Waals surface area contributed by atoms with Crippen molar-refractivity contribution in [1.82, 2.24) is 0 Å². The highest BCUT2D eigenvalue weighted by molar-refractivity contribution is 5.55. The molecule has 0 aliphatic heterocycles. The van der Waals surface area contributed by atoms with Crippen LogP contribution in [0.15, 0.2) is 12.7 Å². The highest BCUT2D eigenvalue weighted by atomic mass is 16.5. The Morgan fingerprint density at radius 2 is 2.08 bits per heavy atom. The number of aldehydes is 1. The molecule has 0 spiro atoms. The summed E-state index contributed by atoms with van der Waals surface area (Å²) in [6, 6.07) is 0. The van der Waals surface area contributed by atoms with Gasteiger partial charge in [0.1, 0.15) is 12.4 Å². The zero-order chi connectivity index (χ0) is 10.5. The van der Waals surface area contributed by atoms with Crippen LogP contribution in [0.3, 0.4) is 0 Å². The van der Waals surface area contributed by atoms with E-state index >= 15 is 0 Å². The molecule has 78 valence electrons. The Hall–Kier alpha value is -0.670. The average molecular weight is 188 g/mol. The zero-order valence-electron chi connectivity index (χ0n) is 8.53. The maximum atomic E-state index is 10.2. The predicted molar refractivity (Wildman–Crippen MR) is 53.7 cm³/mol. The summed E-state index contributed by atoms with van der Waals surface area (Å²) in [6.45, 7) is 7.96. The first-order chi connectivity index (χ1) is 6.26. The van der Waals surface area contributed by atoms with Gasteiger partial charge < -0.3 is 14.6 Å². The fraction of sp³-hybridized carbons (Fsp3) is 0.700. The van der Waals surface area contributed by atoms with Crippen molar-refractivity contribution < 1.29 is 14.6 Å². The molecule has 0 amide bonds. The van der Waals surface area contributed by atoms with Gasteiger partial charge in [0.05, 0.1) is 0 Å². The highest BCUT2D eigenvalue weighted by Crippen LogP contribution is 1.99. The van der Waals surface area contributed by atoms with Gasteiger partial charge in [0.2, 0.25) is 0 Å². The van der Waals surface area contributed by atoms with Gasteiger partial charge in [0.25, 0.3) is 0 Å². The van der Waals surface area contributed by atoms with Gasteiger partial charge in [-0.25, -0.2) is 0 Å². The molecular formula is C10H20O3. The number of ether oxygens (including phenoxy) is 1. The van der Waals surface area contributed by atoms with Crippen LogP contribution in [0.4, 0.5) is 0 Å². The number of allylic oxidation sites excluding steroid dienone is 1. The van der Waals surface area contributed by atoms with Crippen LogP contribution in [-0.4, -0.2) is 30.7 Å². The van der Waals surface area contributed by atoms with E-state index in [2.05, 4.69) is 6.58 Å². The lowest BCUT2D eigenvalue weighted by Crippen LogP contribution is -2.13. The lowest BCUT2D eigenvalue weighted by atomic mass is 10.2. The van der Waals surface area contributed by atoms with Crippen molar-refractivity contribution in [3.8, 4) is 0 Å². The Morgan fingerprint density at radius 3 is 2.38 bits per heavy atom. The van der Waals surface area contributed by atoms with Crippen LogP contribution in [0.1, 0.15) is 26.7 Å². The van der Waals surface area contributed by atoms with Crippen LogP contribution < -0.4 is 0 Å². The molecule has 0 saturated heterocycles. The van der Waals surface area contributed by atoms with Gasteiger partial charge in [-0.2, -0.15) is 0 Å². The molecule has 3 heteroatoms. The summed E-state index contributed by atoms with van der Waals surface area (Å²) in [5.74, 6) is 0. The minimum absolute atomic E-state index is 0.233. The van der Waals surface area contributed by atoms with Crippen LogP contribution in [-0.2, 0) is 9.53 Å². The van der Waals surface area contributed by atoms with Gasteiger partial charge >= 0.3 is 0 Å². The molecule has 0 aliphatic rings. The van der Waals surface area contributed by atoms with Gasteiger partial charge in [-0.15, -0.1) is 6.58 Å². The minimum Gasteiger partial charge on any atom is -0.397 e. The smallest absolute Gasteiger partial charge is 0.148 e. The second-order valence-corrected chi connectivity index (χ2v) is 2.31. The predicted octanol–water partition coefficient (Wildman–Crippen LogP) is 1.56. The lowest BCUT2D eigenvalue weighted by Gasteiger charge is -2.07. The van der Waals surface area contributed by atoms with Crippen LogP contribution >= 0.6 is 0 Å². The van der Waals surface area contributed by atoms with Crippen LogP contribution in [0.2, 0.25) is 0 Å². The van der Waals surface area contributed by atoms with Gasteiger partial charge in [-0.1, -0.05) is 6.08 Å². The Labute approximate surface area is 80.4 Å². The monoisotopic (exact) mass is 188 g/mol. The molecule has 0 fully saturated rings. The minimum atomic E-state index is -0.233. The third kappa shape index (κ3) is 14.2. The fourth-order valence-electron chi connectivity index (χ4n) is 0.687. The molecule has 0 radical (unpaired) electrons. The van der Waals surface area contributed by atoms with E-state index in [1.807, 2.05) is 6.92 Å². The SMILES string of the molecule is C=CCCC(C=O)OCC.CCO. The number of aliphatic hydroxyl groups is 1. The number of carbonyl (C=O) groups excluding carboxylic acids is 1. The van der Waals surface area contributed by atoms with Crippen molar-refractivity contribution in [3.05, 3.63) is 12.7 Å². The van der Waals surface area contributed by atoms with Crippen molar-refractivity contribution in [3.63, 3.8) is 0 Å². The lowest BCUT2D eigenvalue weighted by molar-refractivity contribution is -0.118. The van der Waals surface area contributed by atoms with Crippen LogP contribution in [0.25, 0.3) is 0 Å². The number of carbonyl (C=O) groups is 1. The maximum Gasteiger partial charge on any atom is 0.148 e. The third-order valence-corrected chi connectivity index (χ3v) is 1.19. The van der Waals surface area contributed by atoms with E-state index in [-0.39, 0.29) is 12.7 Å². The molecule has 0 aromatic carbocycles. The van der Waals surface area contributed by atoms with Crippen molar-refractivity contribution in [2.45, 2.75) is 32.8 Å². The van der Waals surface area contributed by atoms with Crippen molar-refractivity contribution >= 4 is 6.29 Å². The standard InChI is InChI=1S/C8H14O2.C2H6O/c1-3-5-6-8(7-9)10-4-2;1-2-3/h3,7-8H,1,4-6H2,2H3;3H,2H2,1H3.